The van der Waals surface area contributed by atoms with E-state index >= 15 is 0 Å². The van der Waals surface area contributed by atoms with Crippen LogP contribution in [0.1, 0.15) is 35.0 Å². The lowest BCUT2D eigenvalue weighted by Gasteiger charge is -1.99. The molecule has 0 radical (unpaired) electrons. The molecular formula is C16H14N2OS. The highest BCUT2D eigenvalue weighted by molar-refractivity contribution is 7.11. The molecule has 0 saturated heterocycles. The van der Waals surface area contributed by atoms with Gasteiger partial charge in [0.2, 0.25) is 0 Å². The van der Waals surface area contributed by atoms with Crippen molar-refractivity contribution in [1.82, 2.24) is 4.98 Å². The predicted molar refractivity (Wildman–Crippen MR) is 80.6 cm³/mol. The third kappa shape index (κ3) is 2.73. The number of hydrogen-bond donors (Lipinski definition) is 0. The van der Waals surface area contributed by atoms with Gasteiger partial charge in [0.05, 0.1) is 18.4 Å². The molecule has 1 aliphatic rings. The lowest BCUT2D eigenvalue weighted by molar-refractivity contribution is 0.415. The average molecular weight is 282 g/mol. The van der Waals surface area contributed by atoms with Gasteiger partial charge in [-0.05, 0) is 36.6 Å². The highest BCUT2D eigenvalue weighted by atomic mass is 32.1. The normalized spacial score (nSPS) is 14.9. The largest absolute Gasteiger partial charge is 0.497 e. The molecule has 4 heteroatoms. The summed E-state index contributed by atoms with van der Waals surface area (Å²) in [7, 11) is 1.64. The Balaban J connectivity index is 1.87. The van der Waals surface area contributed by atoms with E-state index in [-0.39, 0.29) is 0 Å². The molecule has 0 spiro atoms. The van der Waals surface area contributed by atoms with E-state index in [1.807, 2.05) is 30.3 Å². The van der Waals surface area contributed by atoms with Gasteiger partial charge >= 0.3 is 0 Å². The Kier molecular flexibility index (Phi) is 3.53. The Labute approximate surface area is 122 Å². The zero-order valence-corrected chi connectivity index (χ0v) is 12.0. The molecule has 0 aliphatic heterocycles. The Morgan fingerprint density at radius 2 is 2.15 bits per heavy atom. The number of thiazole rings is 1. The summed E-state index contributed by atoms with van der Waals surface area (Å²) < 4.78 is 5.13. The number of aromatic nitrogens is 1. The topological polar surface area (TPSA) is 45.9 Å². The van der Waals surface area contributed by atoms with Crippen LogP contribution >= 0.6 is 11.3 Å². The first-order valence-electron chi connectivity index (χ1n) is 6.52. The second kappa shape index (κ2) is 5.48. The van der Waals surface area contributed by atoms with E-state index < -0.39 is 0 Å². The Bertz CT molecular complexity index is 675. The van der Waals surface area contributed by atoms with Crippen molar-refractivity contribution in [2.75, 3.05) is 7.11 Å². The van der Waals surface area contributed by atoms with Crippen LogP contribution in [0.4, 0.5) is 0 Å². The maximum absolute atomic E-state index is 9.33. The molecule has 0 amide bonds. The smallest absolute Gasteiger partial charge is 0.134 e. The Morgan fingerprint density at radius 3 is 2.75 bits per heavy atom. The van der Waals surface area contributed by atoms with Crippen molar-refractivity contribution in [1.29, 1.82) is 5.26 Å². The molecule has 0 atom stereocenters. The van der Waals surface area contributed by atoms with Crippen LogP contribution in [0.25, 0.3) is 11.6 Å². The minimum Gasteiger partial charge on any atom is -0.497 e. The van der Waals surface area contributed by atoms with Gasteiger partial charge in [-0.15, -0.1) is 11.3 Å². The van der Waals surface area contributed by atoms with Crippen molar-refractivity contribution in [2.24, 2.45) is 0 Å². The quantitative estimate of drug-likeness (QED) is 0.793. The molecule has 3 nitrogen and oxygen atoms in total. The zero-order valence-electron chi connectivity index (χ0n) is 11.2. The fourth-order valence-electron chi connectivity index (χ4n) is 1.99. The van der Waals surface area contributed by atoms with Crippen molar-refractivity contribution in [3.05, 3.63) is 45.9 Å². The highest BCUT2D eigenvalue weighted by Gasteiger charge is 2.26. The van der Waals surface area contributed by atoms with Crippen molar-refractivity contribution < 1.29 is 4.74 Å². The molecule has 3 rings (SSSR count). The van der Waals surface area contributed by atoms with Gasteiger partial charge in [0, 0.05) is 11.3 Å². The molecule has 2 aromatic rings. The average Bonchev–Trinajstić information content (AvgIpc) is 3.23. The van der Waals surface area contributed by atoms with Crippen LogP contribution in [-0.2, 0) is 0 Å². The summed E-state index contributed by atoms with van der Waals surface area (Å²) in [5.74, 6) is 1.44. The van der Waals surface area contributed by atoms with Gasteiger partial charge in [0.25, 0.3) is 0 Å². The van der Waals surface area contributed by atoms with Crippen LogP contribution in [-0.4, -0.2) is 12.1 Å². The van der Waals surface area contributed by atoms with Crippen LogP contribution in [0.15, 0.2) is 29.6 Å². The van der Waals surface area contributed by atoms with E-state index in [2.05, 4.69) is 16.4 Å². The minimum atomic E-state index is 0.618. The van der Waals surface area contributed by atoms with Gasteiger partial charge in [0.15, 0.2) is 0 Å². The summed E-state index contributed by atoms with van der Waals surface area (Å²) in [4.78, 5) is 4.58. The van der Waals surface area contributed by atoms with Gasteiger partial charge in [0.1, 0.15) is 16.8 Å². The minimum absolute atomic E-state index is 0.618. The van der Waals surface area contributed by atoms with Crippen molar-refractivity contribution in [2.45, 2.75) is 18.8 Å². The maximum atomic E-state index is 9.33. The number of hydrogen-bond acceptors (Lipinski definition) is 4. The summed E-state index contributed by atoms with van der Waals surface area (Å²) in [6.45, 7) is 0. The zero-order chi connectivity index (χ0) is 13.9. The molecule has 100 valence electrons. The lowest BCUT2D eigenvalue weighted by atomic mass is 10.1. The van der Waals surface area contributed by atoms with Crippen LogP contribution in [0.3, 0.4) is 0 Å². The number of ether oxygens (including phenoxy) is 1. The number of methoxy groups -OCH3 is 1. The van der Waals surface area contributed by atoms with Gasteiger partial charge < -0.3 is 4.74 Å². The number of nitriles is 1. The molecule has 1 aliphatic carbocycles. The van der Waals surface area contributed by atoms with E-state index in [1.165, 1.54) is 12.8 Å². The summed E-state index contributed by atoms with van der Waals surface area (Å²) in [6, 6.07) is 9.89. The molecule has 1 aromatic heterocycles. The van der Waals surface area contributed by atoms with Gasteiger partial charge in [-0.2, -0.15) is 5.26 Å². The Hall–Kier alpha value is -2.12. The van der Waals surface area contributed by atoms with E-state index in [0.717, 1.165) is 22.0 Å². The first kappa shape index (κ1) is 12.9. The number of nitrogens with zero attached hydrogens (tertiary/aromatic N) is 2. The van der Waals surface area contributed by atoms with Crippen LogP contribution < -0.4 is 4.74 Å². The molecule has 0 bridgehead atoms. The standard InChI is InChI=1S/C16H14N2OS/c1-19-14-6-2-11(3-7-14)8-13(9-17)16-18-15(10-20-16)12-4-5-12/h2-3,6-8,10,12H,4-5H2,1H3. The third-order valence-electron chi connectivity index (χ3n) is 3.30. The van der Waals surface area contributed by atoms with E-state index in [1.54, 1.807) is 18.4 Å². The van der Waals surface area contributed by atoms with Crippen LogP contribution in [0.2, 0.25) is 0 Å². The van der Waals surface area contributed by atoms with Crippen molar-refractivity contribution in [3.63, 3.8) is 0 Å². The SMILES string of the molecule is COc1ccc(C=C(C#N)c2nc(C3CC3)cs2)cc1. The van der Waals surface area contributed by atoms with Gasteiger partial charge in [-0.25, -0.2) is 4.98 Å². The van der Waals surface area contributed by atoms with Crippen LogP contribution in [0, 0.1) is 11.3 Å². The van der Waals surface area contributed by atoms with E-state index in [4.69, 9.17) is 4.74 Å². The monoisotopic (exact) mass is 282 g/mol. The summed E-state index contributed by atoms with van der Waals surface area (Å²) in [5, 5.41) is 12.2. The summed E-state index contributed by atoms with van der Waals surface area (Å²) in [5.41, 5.74) is 2.73. The predicted octanol–water partition coefficient (Wildman–Crippen LogP) is 4.09. The molecular weight excluding hydrogens is 268 g/mol. The highest BCUT2D eigenvalue weighted by Crippen LogP contribution is 2.40. The first-order chi connectivity index (χ1) is 9.80. The maximum Gasteiger partial charge on any atom is 0.134 e. The molecule has 20 heavy (non-hydrogen) atoms. The van der Waals surface area contributed by atoms with E-state index in [0.29, 0.717) is 11.5 Å². The molecule has 1 saturated carbocycles. The second-order valence-electron chi connectivity index (χ2n) is 4.79. The number of allylic oxidation sites excluding steroid dienone is 1. The number of rotatable bonds is 4. The molecule has 1 fully saturated rings. The second-order valence-corrected chi connectivity index (χ2v) is 5.65. The summed E-state index contributed by atoms with van der Waals surface area (Å²) in [6.07, 6.45) is 4.33. The molecule has 0 N–H and O–H groups in total. The van der Waals surface area contributed by atoms with Gasteiger partial charge in [-0.3, -0.25) is 0 Å². The van der Waals surface area contributed by atoms with Gasteiger partial charge in [-0.1, -0.05) is 12.1 Å². The fourth-order valence-corrected chi connectivity index (χ4v) is 2.85. The van der Waals surface area contributed by atoms with Crippen LogP contribution in [0.5, 0.6) is 5.75 Å². The Morgan fingerprint density at radius 1 is 1.40 bits per heavy atom. The lowest BCUT2D eigenvalue weighted by Crippen LogP contribution is -1.85. The molecule has 1 heterocycles. The molecule has 1 aromatic carbocycles. The fraction of sp³-hybridized carbons (Fsp3) is 0.250. The third-order valence-corrected chi connectivity index (χ3v) is 4.19. The van der Waals surface area contributed by atoms with Crippen molar-refractivity contribution in [3.8, 4) is 11.8 Å². The van der Waals surface area contributed by atoms with E-state index in [9.17, 15) is 5.26 Å². The molecule has 0 unspecified atom stereocenters. The number of benzene rings is 1. The summed E-state index contributed by atoms with van der Waals surface area (Å²) >= 11 is 1.55. The first-order valence-corrected chi connectivity index (χ1v) is 7.40. The van der Waals surface area contributed by atoms with Crippen molar-refractivity contribution >= 4 is 23.0 Å².